The molecule has 31 heavy (non-hydrogen) atoms. The monoisotopic (exact) mass is 429 g/mol. The number of aliphatic hydroxyl groups excluding tert-OH is 1. The van der Waals surface area contributed by atoms with Crippen molar-refractivity contribution >= 4 is 11.8 Å². The summed E-state index contributed by atoms with van der Waals surface area (Å²) in [5, 5.41) is 9.37. The van der Waals surface area contributed by atoms with E-state index in [1.54, 1.807) is 0 Å². The van der Waals surface area contributed by atoms with Gasteiger partial charge in [0.05, 0.1) is 0 Å². The number of carbonyl (C=O) groups excluding carboxylic acids is 2. The first-order valence-electron chi connectivity index (χ1n) is 12.0. The Morgan fingerprint density at radius 3 is 2.39 bits per heavy atom. The molecule has 2 fully saturated rings. The minimum atomic E-state index is -0.407. The van der Waals surface area contributed by atoms with Crippen molar-refractivity contribution in [1.29, 1.82) is 0 Å². The van der Waals surface area contributed by atoms with Crippen molar-refractivity contribution in [2.24, 2.45) is 11.7 Å². The molecule has 2 amide bonds. The van der Waals surface area contributed by atoms with Crippen LogP contribution in [0.3, 0.4) is 0 Å². The van der Waals surface area contributed by atoms with Crippen molar-refractivity contribution < 1.29 is 14.7 Å². The number of fused-ring (bicyclic) bond motifs is 2. The molecule has 2 atom stereocenters. The molecule has 2 aliphatic rings. The van der Waals surface area contributed by atoms with Gasteiger partial charge in [-0.3, -0.25) is 14.5 Å². The van der Waals surface area contributed by atoms with Crippen molar-refractivity contribution in [2.45, 2.75) is 76.8 Å². The SMILES string of the molecule is CCC(CC)CN(CCCN1C2CCC1CC(c1ccccc1C(N)=O)C2)C(=O)CO. The molecule has 0 radical (unpaired) electrons. The normalized spacial score (nSPS) is 23.3. The zero-order valence-corrected chi connectivity index (χ0v) is 19.1. The average Bonchev–Trinajstić information content (AvgIpc) is 3.02. The Hall–Kier alpha value is -1.92. The first-order valence-corrected chi connectivity index (χ1v) is 12.0. The number of hydrogen-bond acceptors (Lipinski definition) is 4. The summed E-state index contributed by atoms with van der Waals surface area (Å²) in [4.78, 5) is 28.6. The molecule has 2 bridgehead atoms. The zero-order valence-electron chi connectivity index (χ0n) is 19.1. The molecule has 0 saturated carbocycles. The molecule has 3 rings (SSSR count). The fraction of sp³-hybridized carbons (Fsp3) is 0.680. The Bertz CT molecular complexity index is 735. The van der Waals surface area contributed by atoms with Gasteiger partial charge in [0.2, 0.25) is 11.8 Å². The Labute approximate surface area is 186 Å². The van der Waals surface area contributed by atoms with E-state index < -0.39 is 6.61 Å². The second-order valence-corrected chi connectivity index (χ2v) is 9.28. The Balaban J connectivity index is 1.57. The number of amides is 2. The van der Waals surface area contributed by atoms with E-state index in [0.717, 1.165) is 50.8 Å². The van der Waals surface area contributed by atoms with E-state index in [0.29, 0.717) is 36.0 Å². The van der Waals surface area contributed by atoms with E-state index in [2.05, 4.69) is 24.8 Å². The lowest BCUT2D eigenvalue weighted by atomic mass is 9.82. The van der Waals surface area contributed by atoms with Gasteiger partial charge in [0, 0.05) is 37.3 Å². The first-order chi connectivity index (χ1) is 15.0. The van der Waals surface area contributed by atoms with Crippen LogP contribution in [-0.2, 0) is 4.79 Å². The van der Waals surface area contributed by atoms with Crippen LogP contribution in [0.15, 0.2) is 24.3 Å². The van der Waals surface area contributed by atoms with Gasteiger partial charge < -0.3 is 15.7 Å². The number of benzene rings is 1. The minimum Gasteiger partial charge on any atom is -0.387 e. The van der Waals surface area contributed by atoms with Crippen LogP contribution < -0.4 is 5.73 Å². The van der Waals surface area contributed by atoms with Crippen LogP contribution in [0, 0.1) is 5.92 Å². The summed E-state index contributed by atoms with van der Waals surface area (Å²) in [6.45, 7) is 6.35. The minimum absolute atomic E-state index is 0.156. The topological polar surface area (TPSA) is 86.9 Å². The standard InChI is InChI=1S/C25H39N3O3/c1-3-18(4-2)16-27(24(30)17-29)12-7-13-28-20-10-11-21(28)15-19(14-20)22-8-5-6-9-23(22)25(26)31/h5-6,8-9,18-21,29H,3-4,7,10-17H2,1-2H3,(H2,26,31). The fourth-order valence-corrected chi connectivity index (χ4v) is 5.69. The largest absolute Gasteiger partial charge is 0.387 e. The quantitative estimate of drug-likeness (QED) is 0.566. The van der Waals surface area contributed by atoms with Gasteiger partial charge in [-0.2, -0.15) is 0 Å². The number of nitrogens with two attached hydrogens (primary N) is 1. The van der Waals surface area contributed by atoms with E-state index in [9.17, 15) is 14.7 Å². The van der Waals surface area contributed by atoms with Crippen LogP contribution >= 0.6 is 0 Å². The third kappa shape index (κ3) is 5.66. The molecule has 6 nitrogen and oxygen atoms in total. The van der Waals surface area contributed by atoms with Crippen LogP contribution in [0.5, 0.6) is 0 Å². The van der Waals surface area contributed by atoms with Crippen LogP contribution in [0.2, 0.25) is 0 Å². The lowest BCUT2D eigenvalue weighted by Crippen LogP contribution is -2.44. The number of nitrogens with zero attached hydrogens (tertiary/aromatic N) is 2. The van der Waals surface area contributed by atoms with E-state index in [1.807, 2.05) is 23.1 Å². The zero-order chi connectivity index (χ0) is 22.4. The summed E-state index contributed by atoms with van der Waals surface area (Å²) >= 11 is 0. The van der Waals surface area contributed by atoms with Gasteiger partial charge in [0.15, 0.2) is 0 Å². The molecule has 1 aromatic carbocycles. The van der Waals surface area contributed by atoms with Crippen LogP contribution in [0.25, 0.3) is 0 Å². The maximum atomic E-state index is 12.2. The van der Waals surface area contributed by atoms with Gasteiger partial charge in [0.25, 0.3) is 0 Å². The summed E-state index contributed by atoms with van der Waals surface area (Å²) in [6, 6.07) is 8.86. The molecule has 6 heteroatoms. The summed E-state index contributed by atoms with van der Waals surface area (Å²) in [5.74, 6) is 0.389. The van der Waals surface area contributed by atoms with Gasteiger partial charge in [0.1, 0.15) is 6.61 Å². The third-order valence-corrected chi connectivity index (χ3v) is 7.52. The molecule has 0 spiro atoms. The molecule has 0 aromatic heterocycles. The smallest absolute Gasteiger partial charge is 0.248 e. The van der Waals surface area contributed by atoms with Crippen molar-refractivity contribution in [3.05, 3.63) is 35.4 Å². The molecule has 2 saturated heterocycles. The number of rotatable bonds is 11. The highest BCUT2D eigenvalue weighted by molar-refractivity contribution is 5.94. The summed E-state index contributed by atoms with van der Waals surface area (Å²) in [5.41, 5.74) is 7.39. The van der Waals surface area contributed by atoms with Crippen LogP contribution in [-0.4, -0.2) is 65.0 Å². The van der Waals surface area contributed by atoms with E-state index in [1.165, 1.54) is 12.8 Å². The maximum absolute atomic E-state index is 12.2. The molecule has 0 aliphatic carbocycles. The molecular weight excluding hydrogens is 390 g/mol. The molecule has 172 valence electrons. The number of piperidine rings is 1. The van der Waals surface area contributed by atoms with Crippen molar-refractivity contribution in [3.63, 3.8) is 0 Å². The predicted octanol–water partition coefficient (Wildman–Crippen LogP) is 3.14. The molecule has 2 aliphatic heterocycles. The maximum Gasteiger partial charge on any atom is 0.248 e. The average molecular weight is 430 g/mol. The Morgan fingerprint density at radius 2 is 1.81 bits per heavy atom. The lowest BCUT2D eigenvalue weighted by Gasteiger charge is -2.40. The van der Waals surface area contributed by atoms with E-state index in [4.69, 9.17) is 5.73 Å². The van der Waals surface area contributed by atoms with Crippen LogP contribution in [0.1, 0.15) is 80.6 Å². The second kappa shape index (κ2) is 11.1. The van der Waals surface area contributed by atoms with Gasteiger partial charge in [-0.05, 0) is 55.6 Å². The summed E-state index contributed by atoms with van der Waals surface area (Å²) in [6.07, 6.45) is 7.56. The Morgan fingerprint density at radius 1 is 1.16 bits per heavy atom. The number of hydrogen-bond donors (Lipinski definition) is 2. The van der Waals surface area contributed by atoms with E-state index in [-0.39, 0.29) is 11.8 Å². The van der Waals surface area contributed by atoms with Crippen LogP contribution in [0.4, 0.5) is 0 Å². The highest BCUT2D eigenvalue weighted by Gasteiger charge is 2.41. The van der Waals surface area contributed by atoms with E-state index >= 15 is 0 Å². The molecule has 2 unspecified atom stereocenters. The van der Waals surface area contributed by atoms with Gasteiger partial charge in [-0.15, -0.1) is 0 Å². The predicted molar refractivity (Wildman–Crippen MR) is 123 cm³/mol. The highest BCUT2D eigenvalue weighted by atomic mass is 16.3. The summed E-state index contributed by atoms with van der Waals surface area (Å²) < 4.78 is 0. The van der Waals surface area contributed by atoms with Crippen molar-refractivity contribution in [2.75, 3.05) is 26.2 Å². The number of carbonyl (C=O) groups is 2. The lowest BCUT2D eigenvalue weighted by molar-refractivity contribution is -0.135. The molecule has 2 heterocycles. The molecule has 1 aromatic rings. The second-order valence-electron chi connectivity index (χ2n) is 9.28. The first kappa shape index (κ1) is 23.7. The van der Waals surface area contributed by atoms with Gasteiger partial charge in [-0.1, -0.05) is 44.9 Å². The number of primary amides is 1. The van der Waals surface area contributed by atoms with Crippen molar-refractivity contribution in [1.82, 2.24) is 9.80 Å². The highest BCUT2D eigenvalue weighted by Crippen LogP contribution is 2.43. The molecule has 3 N–H and O–H groups in total. The van der Waals surface area contributed by atoms with Gasteiger partial charge >= 0.3 is 0 Å². The van der Waals surface area contributed by atoms with Gasteiger partial charge in [-0.25, -0.2) is 0 Å². The third-order valence-electron chi connectivity index (χ3n) is 7.52. The summed E-state index contributed by atoms with van der Waals surface area (Å²) in [7, 11) is 0. The molecular formula is C25H39N3O3. The van der Waals surface area contributed by atoms with Crippen molar-refractivity contribution in [3.8, 4) is 0 Å². The fourth-order valence-electron chi connectivity index (χ4n) is 5.69. The number of aliphatic hydroxyl groups is 1. The Kier molecular flexibility index (Phi) is 8.50.